The fourth-order valence-corrected chi connectivity index (χ4v) is 1.61. The fourth-order valence-electron chi connectivity index (χ4n) is 1.61. The Bertz CT molecular complexity index is 447. The molecule has 0 heterocycles. The largest absolute Gasteiger partial charge is 0.381 e. The lowest BCUT2D eigenvalue weighted by molar-refractivity contribution is 1.05. The lowest BCUT2D eigenvalue weighted by Crippen LogP contribution is -2.06. The predicted octanol–water partition coefficient (Wildman–Crippen LogP) is 3.00. The molecule has 0 spiro atoms. The summed E-state index contributed by atoms with van der Waals surface area (Å²) < 4.78 is 0. The van der Waals surface area contributed by atoms with Gasteiger partial charge in [0, 0.05) is 12.6 Å². The minimum Gasteiger partial charge on any atom is -0.381 e. The molecule has 1 heteroatoms. The highest BCUT2D eigenvalue weighted by atomic mass is 14.8. The van der Waals surface area contributed by atoms with Crippen molar-refractivity contribution in [1.82, 2.24) is 5.32 Å². The van der Waals surface area contributed by atoms with Crippen LogP contribution in [0, 0.1) is 12.3 Å². The van der Waals surface area contributed by atoms with Crippen LogP contribution >= 0.6 is 0 Å². The molecular weight excluding hydrogens is 194 g/mol. The van der Waals surface area contributed by atoms with E-state index in [0.717, 1.165) is 23.3 Å². The van der Waals surface area contributed by atoms with Gasteiger partial charge in [-0.15, -0.1) is 6.42 Å². The zero-order chi connectivity index (χ0) is 12.0. The van der Waals surface area contributed by atoms with Crippen LogP contribution in [0.3, 0.4) is 0 Å². The molecule has 0 aliphatic carbocycles. The molecule has 0 unspecified atom stereocenters. The summed E-state index contributed by atoms with van der Waals surface area (Å²) in [6, 6.07) is 8.34. The van der Waals surface area contributed by atoms with Gasteiger partial charge in [-0.2, -0.15) is 0 Å². The van der Waals surface area contributed by atoms with E-state index >= 15 is 0 Å². The highest BCUT2D eigenvalue weighted by molar-refractivity contribution is 5.78. The maximum absolute atomic E-state index is 5.45. The van der Waals surface area contributed by atoms with Crippen LogP contribution in [0.1, 0.15) is 18.1 Å². The van der Waals surface area contributed by atoms with Gasteiger partial charge in [0.15, 0.2) is 0 Å². The Balaban J connectivity index is 3.29. The molecule has 16 heavy (non-hydrogen) atoms. The van der Waals surface area contributed by atoms with Crippen molar-refractivity contribution in [1.29, 1.82) is 0 Å². The number of hydrogen-bond acceptors (Lipinski definition) is 1. The standard InChI is InChI=1S/C15H17N/c1-5-12-9-8-10-13(11-12)14(6-2)15(7-3)16-4/h3,6,8-11,16H,2,5H2,1,4H3/b15-14+. The highest BCUT2D eigenvalue weighted by Gasteiger charge is 2.03. The molecule has 0 atom stereocenters. The van der Waals surface area contributed by atoms with Gasteiger partial charge < -0.3 is 5.32 Å². The molecule has 0 radical (unpaired) electrons. The summed E-state index contributed by atoms with van der Waals surface area (Å²) in [6.07, 6.45) is 8.26. The lowest BCUT2D eigenvalue weighted by atomic mass is 10.0. The van der Waals surface area contributed by atoms with Crippen LogP contribution in [0.15, 0.2) is 42.6 Å². The first-order valence-electron chi connectivity index (χ1n) is 5.37. The Labute approximate surface area is 97.9 Å². The summed E-state index contributed by atoms with van der Waals surface area (Å²) in [5.74, 6) is 2.64. The smallest absolute Gasteiger partial charge is 0.0927 e. The summed E-state index contributed by atoms with van der Waals surface area (Å²) in [5, 5.41) is 3.01. The van der Waals surface area contributed by atoms with Crippen molar-refractivity contribution in [3.63, 3.8) is 0 Å². The van der Waals surface area contributed by atoms with E-state index in [1.165, 1.54) is 5.56 Å². The van der Waals surface area contributed by atoms with Gasteiger partial charge >= 0.3 is 0 Å². The molecular formula is C15H17N. The summed E-state index contributed by atoms with van der Waals surface area (Å²) in [6.45, 7) is 5.95. The van der Waals surface area contributed by atoms with Crippen LogP contribution in [-0.4, -0.2) is 7.05 Å². The van der Waals surface area contributed by atoms with Crippen LogP contribution in [0.4, 0.5) is 0 Å². The van der Waals surface area contributed by atoms with Crippen molar-refractivity contribution in [2.75, 3.05) is 7.05 Å². The van der Waals surface area contributed by atoms with Gasteiger partial charge in [0.1, 0.15) is 0 Å². The Morgan fingerprint density at radius 3 is 2.81 bits per heavy atom. The molecule has 1 aromatic carbocycles. The van der Waals surface area contributed by atoms with E-state index < -0.39 is 0 Å². The minimum atomic E-state index is 0.767. The van der Waals surface area contributed by atoms with Crippen molar-refractivity contribution < 1.29 is 0 Å². The third kappa shape index (κ3) is 2.55. The molecule has 0 aromatic heterocycles. The van der Waals surface area contributed by atoms with E-state index in [0.29, 0.717) is 0 Å². The summed E-state index contributed by atoms with van der Waals surface area (Å²) in [7, 11) is 1.82. The Morgan fingerprint density at radius 2 is 2.31 bits per heavy atom. The number of nitrogens with one attached hydrogen (secondary N) is 1. The van der Waals surface area contributed by atoms with Crippen LogP contribution in [0.2, 0.25) is 0 Å². The number of terminal acetylenes is 1. The quantitative estimate of drug-likeness (QED) is 0.596. The second kappa shape index (κ2) is 5.82. The Morgan fingerprint density at radius 1 is 1.56 bits per heavy atom. The zero-order valence-corrected chi connectivity index (χ0v) is 9.88. The van der Waals surface area contributed by atoms with Gasteiger partial charge in [0.2, 0.25) is 0 Å². The van der Waals surface area contributed by atoms with Gasteiger partial charge in [-0.05, 0) is 17.5 Å². The molecule has 1 nitrogen and oxygen atoms in total. The molecule has 1 aromatic rings. The van der Waals surface area contributed by atoms with Crippen LogP contribution in [0.5, 0.6) is 0 Å². The zero-order valence-electron chi connectivity index (χ0n) is 9.88. The molecule has 0 saturated carbocycles. The van der Waals surface area contributed by atoms with E-state index in [9.17, 15) is 0 Å². The maximum atomic E-state index is 5.45. The first kappa shape index (κ1) is 12.1. The summed E-state index contributed by atoms with van der Waals surface area (Å²) in [4.78, 5) is 0. The number of aryl methyl sites for hydroxylation is 1. The van der Waals surface area contributed by atoms with Gasteiger partial charge in [-0.25, -0.2) is 0 Å². The first-order chi connectivity index (χ1) is 7.76. The third-order valence-corrected chi connectivity index (χ3v) is 2.51. The topological polar surface area (TPSA) is 12.0 Å². The number of rotatable bonds is 4. The van der Waals surface area contributed by atoms with Crippen molar-refractivity contribution in [2.24, 2.45) is 0 Å². The number of allylic oxidation sites excluding steroid dienone is 3. The van der Waals surface area contributed by atoms with Gasteiger partial charge in [0.25, 0.3) is 0 Å². The van der Waals surface area contributed by atoms with Crippen molar-refractivity contribution >= 4 is 5.57 Å². The van der Waals surface area contributed by atoms with Crippen molar-refractivity contribution in [3.8, 4) is 12.3 Å². The Hall–Kier alpha value is -1.94. The molecule has 82 valence electrons. The van der Waals surface area contributed by atoms with Crippen LogP contribution in [-0.2, 0) is 6.42 Å². The average Bonchev–Trinajstić information content (AvgIpc) is 2.35. The molecule has 0 aliphatic heterocycles. The number of hydrogen-bond donors (Lipinski definition) is 1. The molecule has 1 rings (SSSR count). The molecule has 0 amide bonds. The lowest BCUT2D eigenvalue weighted by Gasteiger charge is -2.08. The minimum absolute atomic E-state index is 0.767. The van der Waals surface area contributed by atoms with E-state index in [-0.39, 0.29) is 0 Å². The normalized spacial score (nSPS) is 11.3. The molecule has 0 bridgehead atoms. The second-order valence-corrected chi connectivity index (χ2v) is 3.44. The van der Waals surface area contributed by atoms with Crippen LogP contribution in [0.25, 0.3) is 5.57 Å². The molecule has 0 saturated heterocycles. The highest BCUT2D eigenvalue weighted by Crippen LogP contribution is 2.19. The molecule has 0 aliphatic rings. The van der Waals surface area contributed by atoms with E-state index in [4.69, 9.17) is 6.42 Å². The van der Waals surface area contributed by atoms with Crippen molar-refractivity contribution in [3.05, 3.63) is 53.7 Å². The first-order valence-corrected chi connectivity index (χ1v) is 5.37. The molecule has 0 fully saturated rings. The van der Waals surface area contributed by atoms with Gasteiger partial charge in [0.05, 0.1) is 5.70 Å². The monoisotopic (exact) mass is 211 g/mol. The van der Waals surface area contributed by atoms with E-state index in [1.54, 1.807) is 6.08 Å². The summed E-state index contributed by atoms with van der Waals surface area (Å²) >= 11 is 0. The van der Waals surface area contributed by atoms with E-state index in [1.807, 2.05) is 19.2 Å². The summed E-state index contributed by atoms with van der Waals surface area (Å²) in [5.41, 5.74) is 4.14. The maximum Gasteiger partial charge on any atom is 0.0927 e. The second-order valence-electron chi connectivity index (χ2n) is 3.44. The van der Waals surface area contributed by atoms with Gasteiger partial charge in [-0.3, -0.25) is 0 Å². The average molecular weight is 211 g/mol. The SMILES string of the molecule is C#C/C(NC)=C(/C=C)c1cccc(CC)c1. The van der Waals surface area contributed by atoms with Gasteiger partial charge in [-0.1, -0.05) is 49.8 Å². The Kier molecular flexibility index (Phi) is 4.42. The third-order valence-electron chi connectivity index (χ3n) is 2.51. The molecule has 1 N–H and O–H groups in total. The fraction of sp³-hybridized carbons (Fsp3) is 0.200. The van der Waals surface area contributed by atoms with Crippen LogP contribution < -0.4 is 5.32 Å². The van der Waals surface area contributed by atoms with Crippen molar-refractivity contribution in [2.45, 2.75) is 13.3 Å². The van der Waals surface area contributed by atoms with E-state index in [2.05, 4.69) is 36.9 Å². The predicted molar refractivity (Wildman–Crippen MR) is 70.8 cm³/mol. The number of benzene rings is 1.